The summed E-state index contributed by atoms with van der Waals surface area (Å²) >= 11 is 0. The Bertz CT molecular complexity index is 1270. The number of likely N-dealkylation sites (tertiary alicyclic amines) is 2. The number of carboxylic acids is 1. The largest absolute Gasteiger partial charge is 0.508 e. The van der Waals surface area contributed by atoms with Crippen molar-refractivity contribution in [2.24, 2.45) is 0 Å². The highest BCUT2D eigenvalue weighted by atomic mass is 16.4. The van der Waals surface area contributed by atoms with Crippen molar-refractivity contribution in [3.05, 3.63) is 65.7 Å². The van der Waals surface area contributed by atoms with Crippen molar-refractivity contribution in [1.82, 2.24) is 20.4 Å². The van der Waals surface area contributed by atoms with Gasteiger partial charge in [0.1, 0.15) is 23.9 Å². The van der Waals surface area contributed by atoms with Gasteiger partial charge in [-0.3, -0.25) is 19.2 Å². The summed E-state index contributed by atoms with van der Waals surface area (Å²) in [6.45, 7) is 0.399. The molecular weight excluding hydrogens is 540 g/mol. The van der Waals surface area contributed by atoms with Gasteiger partial charge in [-0.2, -0.15) is 0 Å². The number of carboxylic acid groups (broad SMARTS) is 1. The highest BCUT2D eigenvalue weighted by Gasteiger charge is 2.37. The average molecular weight is 579 g/mol. The molecule has 4 N–H and O–H groups in total. The van der Waals surface area contributed by atoms with Crippen LogP contribution in [0.3, 0.4) is 0 Å². The van der Waals surface area contributed by atoms with Crippen molar-refractivity contribution in [2.45, 2.75) is 69.5 Å². The van der Waals surface area contributed by atoms with Crippen LogP contribution < -0.4 is 10.6 Å². The van der Waals surface area contributed by atoms with E-state index in [1.165, 1.54) is 4.90 Å². The van der Waals surface area contributed by atoms with Gasteiger partial charge in [-0.1, -0.05) is 42.5 Å². The van der Waals surface area contributed by atoms with Crippen LogP contribution in [0.4, 0.5) is 0 Å². The second-order valence-electron chi connectivity index (χ2n) is 10.8. The number of nitrogens with one attached hydrogen (secondary N) is 2. The third kappa shape index (κ3) is 8.08. The van der Waals surface area contributed by atoms with Gasteiger partial charge < -0.3 is 30.6 Å². The summed E-state index contributed by atoms with van der Waals surface area (Å²) in [5, 5.41) is 24.2. The van der Waals surface area contributed by atoms with Gasteiger partial charge in [0.25, 0.3) is 0 Å². The third-order valence-corrected chi connectivity index (χ3v) is 7.86. The van der Waals surface area contributed by atoms with Crippen molar-refractivity contribution in [3.8, 4) is 5.75 Å². The lowest BCUT2D eigenvalue weighted by atomic mass is 10.0. The van der Waals surface area contributed by atoms with Crippen LogP contribution in [0.1, 0.15) is 49.7 Å². The van der Waals surface area contributed by atoms with Gasteiger partial charge >= 0.3 is 5.97 Å². The Kier molecular flexibility index (Phi) is 10.5. The maximum absolute atomic E-state index is 13.4. The molecule has 3 atom stereocenters. The zero-order chi connectivity index (χ0) is 30.1. The Morgan fingerprint density at radius 1 is 0.833 bits per heavy atom. The van der Waals surface area contributed by atoms with E-state index in [2.05, 4.69) is 10.6 Å². The predicted molar refractivity (Wildman–Crippen MR) is 153 cm³/mol. The minimum Gasteiger partial charge on any atom is -0.508 e. The number of aryl methyl sites for hydroxylation is 1. The van der Waals surface area contributed by atoms with Crippen molar-refractivity contribution >= 4 is 29.6 Å². The SMILES string of the molecule is O=C(NCC(=O)N1CCC[C@@H]1C(=O)O)[C@H](Cc1ccccc1)NC(=O)[C@H]1CCCN1C(=O)CCCc1ccc(O)cc1. The number of carbonyl (C=O) groups is 5. The lowest BCUT2D eigenvalue weighted by Crippen LogP contribution is -2.55. The minimum absolute atomic E-state index is 0.125. The number of phenolic OH excluding ortho intramolecular Hbond substituents is 1. The number of aliphatic carboxylic acids is 1. The molecule has 2 saturated heterocycles. The van der Waals surface area contributed by atoms with Crippen LogP contribution in [-0.4, -0.2) is 87.4 Å². The zero-order valence-electron chi connectivity index (χ0n) is 23.5. The van der Waals surface area contributed by atoms with Crippen molar-refractivity contribution in [3.63, 3.8) is 0 Å². The topological polar surface area (TPSA) is 156 Å². The number of nitrogens with zero attached hydrogens (tertiary/aromatic N) is 2. The van der Waals surface area contributed by atoms with Crippen molar-refractivity contribution in [1.29, 1.82) is 0 Å². The third-order valence-electron chi connectivity index (χ3n) is 7.86. The molecule has 11 heteroatoms. The van der Waals surface area contributed by atoms with Gasteiger partial charge in [0.05, 0.1) is 6.54 Å². The molecule has 11 nitrogen and oxygen atoms in total. The number of benzene rings is 2. The van der Waals surface area contributed by atoms with Crippen LogP contribution in [0.25, 0.3) is 0 Å². The quantitative estimate of drug-likeness (QED) is 0.298. The van der Waals surface area contributed by atoms with Crippen molar-refractivity contribution in [2.75, 3.05) is 19.6 Å². The van der Waals surface area contributed by atoms with E-state index in [1.54, 1.807) is 17.0 Å². The zero-order valence-corrected chi connectivity index (χ0v) is 23.5. The lowest BCUT2D eigenvalue weighted by molar-refractivity contribution is -0.148. The predicted octanol–water partition coefficient (Wildman–Crippen LogP) is 1.63. The number of carbonyl (C=O) groups excluding carboxylic acids is 4. The molecule has 0 bridgehead atoms. The standard InChI is InChI=1S/C31H38N4O7/c36-23-15-13-21(14-16-23)9-4-12-27(37)34-17-5-10-25(34)30(40)33-24(19-22-7-2-1-3-8-22)29(39)32-20-28(38)35-18-6-11-26(35)31(41)42/h1-3,7-8,13-16,24-26,36H,4-6,9-12,17-20H2,(H,32,39)(H,33,40)(H,41,42)/t24-,25+,26+/m0/s1. The molecule has 2 aromatic carbocycles. The molecule has 2 aliphatic rings. The van der Waals surface area contributed by atoms with Gasteiger partial charge in [-0.15, -0.1) is 0 Å². The molecule has 4 rings (SSSR count). The molecule has 0 aromatic heterocycles. The van der Waals surface area contributed by atoms with Crippen LogP contribution in [0.2, 0.25) is 0 Å². The summed E-state index contributed by atoms with van der Waals surface area (Å²) in [6, 6.07) is 13.4. The number of hydrogen-bond donors (Lipinski definition) is 4. The van der Waals surface area contributed by atoms with E-state index >= 15 is 0 Å². The Morgan fingerprint density at radius 3 is 2.14 bits per heavy atom. The van der Waals surface area contributed by atoms with E-state index in [-0.39, 0.29) is 31.0 Å². The van der Waals surface area contributed by atoms with E-state index in [9.17, 15) is 34.2 Å². The van der Waals surface area contributed by atoms with Crippen LogP contribution in [0.15, 0.2) is 54.6 Å². The maximum atomic E-state index is 13.4. The first-order valence-corrected chi connectivity index (χ1v) is 14.4. The van der Waals surface area contributed by atoms with Gasteiger partial charge in [-0.25, -0.2) is 4.79 Å². The van der Waals surface area contributed by atoms with Gasteiger partial charge in [0, 0.05) is 25.9 Å². The first-order chi connectivity index (χ1) is 20.2. The smallest absolute Gasteiger partial charge is 0.326 e. The summed E-state index contributed by atoms with van der Waals surface area (Å²) in [5.74, 6) is -2.48. The van der Waals surface area contributed by atoms with Crippen LogP contribution in [0, 0.1) is 0 Å². The number of rotatable bonds is 12. The Balaban J connectivity index is 1.35. The average Bonchev–Trinajstić information content (AvgIpc) is 3.68. The van der Waals surface area contributed by atoms with Gasteiger partial charge in [-0.05, 0) is 61.8 Å². The second-order valence-corrected chi connectivity index (χ2v) is 10.8. The van der Waals surface area contributed by atoms with Crippen LogP contribution >= 0.6 is 0 Å². The summed E-state index contributed by atoms with van der Waals surface area (Å²) in [6.07, 6.45) is 3.83. The van der Waals surface area contributed by atoms with Crippen molar-refractivity contribution < 1.29 is 34.2 Å². The Hall–Kier alpha value is -4.41. The molecule has 2 aromatic rings. The fourth-order valence-electron chi connectivity index (χ4n) is 5.62. The molecule has 42 heavy (non-hydrogen) atoms. The summed E-state index contributed by atoms with van der Waals surface area (Å²) in [4.78, 5) is 66.7. The van der Waals surface area contributed by atoms with E-state index in [0.29, 0.717) is 51.6 Å². The molecular formula is C31H38N4O7. The molecule has 0 spiro atoms. The van der Waals surface area contributed by atoms with E-state index in [1.807, 2.05) is 42.5 Å². The molecule has 224 valence electrons. The molecule has 0 saturated carbocycles. The highest BCUT2D eigenvalue weighted by molar-refractivity contribution is 5.94. The van der Waals surface area contributed by atoms with E-state index in [0.717, 1.165) is 11.1 Å². The molecule has 0 unspecified atom stereocenters. The summed E-state index contributed by atoms with van der Waals surface area (Å²) in [7, 11) is 0. The molecule has 4 amide bonds. The monoisotopic (exact) mass is 578 g/mol. The van der Waals surface area contributed by atoms with Crippen LogP contribution in [-0.2, 0) is 36.8 Å². The fourth-order valence-corrected chi connectivity index (χ4v) is 5.62. The molecule has 0 aliphatic carbocycles. The number of aromatic hydroxyl groups is 1. The maximum Gasteiger partial charge on any atom is 0.326 e. The first-order valence-electron chi connectivity index (χ1n) is 14.4. The fraction of sp³-hybridized carbons (Fsp3) is 0.452. The number of amides is 4. The number of phenols is 1. The molecule has 2 heterocycles. The van der Waals surface area contributed by atoms with Gasteiger partial charge in [0.2, 0.25) is 23.6 Å². The molecule has 2 aliphatic heterocycles. The summed E-state index contributed by atoms with van der Waals surface area (Å²) < 4.78 is 0. The van der Waals surface area contributed by atoms with E-state index in [4.69, 9.17) is 0 Å². The summed E-state index contributed by atoms with van der Waals surface area (Å²) in [5.41, 5.74) is 1.82. The number of hydrogen-bond acceptors (Lipinski definition) is 6. The highest BCUT2D eigenvalue weighted by Crippen LogP contribution is 2.21. The second kappa shape index (κ2) is 14.5. The Labute approximate surface area is 244 Å². The van der Waals surface area contributed by atoms with E-state index < -0.39 is 41.8 Å². The van der Waals surface area contributed by atoms with Gasteiger partial charge in [0.15, 0.2) is 0 Å². The normalized spacial score (nSPS) is 18.9. The minimum atomic E-state index is -1.07. The molecule has 0 radical (unpaired) electrons. The molecule has 2 fully saturated rings. The first kappa shape index (κ1) is 30.5. The Morgan fingerprint density at radius 2 is 1.48 bits per heavy atom. The van der Waals surface area contributed by atoms with Crippen LogP contribution in [0.5, 0.6) is 5.75 Å². The lowest BCUT2D eigenvalue weighted by Gasteiger charge is -2.27.